The number of hydrogen-bond acceptors (Lipinski definition) is 11. The molecule has 0 aliphatic carbocycles. The molecule has 3 aliphatic heterocycles. The molecule has 2 aromatic heterocycles. The van der Waals surface area contributed by atoms with E-state index in [2.05, 4.69) is 105 Å². The summed E-state index contributed by atoms with van der Waals surface area (Å²) in [4.78, 5) is 19.1. The summed E-state index contributed by atoms with van der Waals surface area (Å²) in [6, 6.07) is 28.0. The van der Waals surface area contributed by atoms with Crippen LogP contribution >= 0.6 is 0 Å². The summed E-state index contributed by atoms with van der Waals surface area (Å²) < 4.78 is 71.2. The standard InChI is InChI=1S/C54H65F2N5O6Si/c1-8-42-45(55)24-23-36-28-38(65-35-62-7)30-43(47(36)42)49-48(56)50-44(31-57-49)51(61-26-17-25-54(5,34-61)66-46-22-15-16-27-63-46)59-52(58-50)64-33-37-29-39(32-60(37)6)67-68(53(2,3)4,40-18-11-9-12-19-40)41-20-13-10-14-21-41/h9-14,18-21,23-24,28,30-31,37,39,46H,8,15-17,22,25-27,29,32-35H2,1-7H3/t37-,39+,46?,54-/m0/s1. The van der Waals surface area contributed by atoms with E-state index < -0.39 is 19.7 Å². The molecule has 0 bridgehead atoms. The summed E-state index contributed by atoms with van der Waals surface area (Å²) in [7, 11) is 0.808. The number of hydrogen-bond donors (Lipinski definition) is 0. The molecule has 4 aromatic carbocycles. The molecule has 3 aliphatic rings. The highest BCUT2D eigenvalue weighted by Crippen LogP contribution is 2.42. The Labute approximate surface area is 400 Å². The highest BCUT2D eigenvalue weighted by Gasteiger charge is 2.52. The van der Waals surface area contributed by atoms with E-state index >= 15 is 8.78 Å². The van der Waals surface area contributed by atoms with Crippen molar-refractivity contribution in [2.45, 2.75) is 109 Å². The first-order chi connectivity index (χ1) is 32.8. The van der Waals surface area contributed by atoms with Gasteiger partial charge >= 0.3 is 6.01 Å². The van der Waals surface area contributed by atoms with Crippen LogP contribution in [0, 0.1) is 11.6 Å². The van der Waals surface area contributed by atoms with Crippen LogP contribution in [0.15, 0.2) is 91.1 Å². The average molecular weight is 946 g/mol. The number of fused-ring (bicyclic) bond motifs is 2. The number of rotatable bonds is 15. The molecular formula is C54H65F2N5O6Si. The first kappa shape index (κ1) is 48.0. The van der Waals surface area contributed by atoms with Crippen LogP contribution in [0.25, 0.3) is 32.9 Å². The van der Waals surface area contributed by atoms with Crippen LogP contribution in [0.1, 0.15) is 78.7 Å². The van der Waals surface area contributed by atoms with Gasteiger partial charge in [-0.25, -0.2) is 8.78 Å². The fourth-order valence-corrected chi connectivity index (χ4v) is 15.5. The fourth-order valence-electron chi connectivity index (χ4n) is 10.8. The number of likely N-dealkylation sites (N-methyl/N-ethyl adjacent to an activating group) is 1. The Morgan fingerprint density at radius 3 is 2.35 bits per heavy atom. The number of aryl methyl sites for hydroxylation is 1. The Morgan fingerprint density at radius 2 is 1.68 bits per heavy atom. The molecule has 14 heteroatoms. The van der Waals surface area contributed by atoms with Crippen molar-refractivity contribution < 1.29 is 36.9 Å². The number of methoxy groups -OCH3 is 1. The first-order valence-corrected chi connectivity index (χ1v) is 26.1. The number of aromatic nitrogens is 3. The molecule has 0 N–H and O–H groups in total. The van der Waals surface area contributed by atoms with Gasteiger partial charge in [0.05, 0.1) is 17.1 Å². The molecule has 6 aromatic rings. The summed E-state index contributed by atoms with van der Waals surface area (Å²) in [5.74, 6) is -0.101. The van der Waals surface area contributed by atoms with Crippen LogP contribution < -0.4 is 24.7 Å². The molecule has 9 rings (SSSR count). The molecule has 1 unspecified atom stereocenters. The predicted molar refractivity (Wildman–Crippen MR) is 266 cm³/mol. The van der Waals surface area contributed by atoms with Gasteiger partial charge in [0.15, 0.2) is 18.9 Å². The normalized spacial score (nSPS) is 21.7. The van der Waals surface area contributed by atoms with E-state index in [0.717, 1.165) is 38.5 Å². The van der Waals surface area contributed by atoms with Gasteiger partial charge in [-0.15, -0.1) is 0 Å². The van der Waals surface area contributed by atoms with Gasteiger partial charge < -0.3 is 33.0 Å². The Hall–Kier alpha value is -5.09. The Morgan fingerprint density at radius 1 is 0.926 bits per heavy atom. The van der Waals surface area contributed by atoms with Crippen molar-refractivity contribution in [2.75, 3.05) is 58.7 Å². The van der Waals surface area contributed by atoms with Gasteiger partial charge in [-0.1, -0.05) is 94.4 Å². The van der Waals surface area contributed by atoms with Gasteiger partial charge in [0, 0.05) is 51.2 Å². The second-order valence-corrected chi connectivity index (χ2v) is 24.2. The van der Waals surface area contributed by atoms with Gasteiger partial charge in [-0.05, 0) is 109 Å². The van der Waals surface area contributed by atoms with Gasteiger partial charge in [-0.2, -0.15) is 9.97 Å². The Bertz CT molecular complexity index is 2670. The molecule has 0 amide bonds. The molecule has 68 heavy (non-hydrogen) atoms. The lowest BCUT2D eigenvalue weighted by Gasteiger charge is -2.44. The lowest BCUT2D eigenvalue weighted by atomic mass is 9.93. The zero-order valence-corrected chi connectivity index (χ0v) is 41.5. The topological polar surface area (TPSA) is 101 Å². The van der Waals surface area contributed by atoms with Crippen molar-refractivity contribution in [3.05, 3.63) is 108 Å². The number of nitrogens with zero attached hydrogens (tertiary/aromatic N) is 5. The number of piperidine rings is 1. The number of anilines is 1. The average Bonchev–Trinajstić information content (AvgIpc) is 3.69. The smallest absolute Gasteiger partial charge is 0.319 e. The predicted octanol–water partition coefficient (Wildman–Crippen LogP) is 9.60. The van der Waals surface area contributed by atoms with Crippen molar-refractivity contribution in [1.82, 2.24) is 19.9 Å². The minimum atomic E-state index is -2.82. The summed E-state index contributed by atoms with van der Waals surface area (Å²) in [6.07, 6.45) is 6.97. The van der Waals surface area contributed by atoms with Gasteiger partial charge in [0.1, 0.15) is 35.2 Å². The molecule has 11 nitrogen and oxygen atoms in total. The number of benzene rings is 4. The zero-order valence-electron chi connectivity index (χ0n) is 40.5. The summed E-state index contributed by atoms with van der Waals surface area (Å²) in [5, 5.41) is 3.98. The highest BCUT2D eigenvalue weighted by molar-refractivity contribution is 6.99. The lowest BCUT2D eigenvalue weighted by Crippen LogP contribution is -2.67. The van der Waals surface area contributed by atoms with Crippen LogP contribution in [0.2, 0.25) is 5.04 Å². The zero-order chi connectivity index (χ0) is 47.6. The maximum absolute atomic E-state index is 17.7. The molecular weight excluding hydrogens is 881 g/mol. The molecule has 3 saturated heterocycles. The molecule has 5 heterocycles. The van der Waals surface area contributed by atoms with Gasteiger partial charge in [0.2, 0.25) is 0 Å². The quantitative estimate of drug-likeness (QED) is 0.0727. The molecule has 3 fully saturated rings. The van der Waals surface area contributed by atoms with Crippen LogP contribution in [0.4, 0.5) is 14.6 Å². The van der Waals surface area contributed by atoms with Crippen molar-refractivity contribution in [2.24, 2.45) is 0 Å². The van der Waals surface area contributed by atoms with Crippen molar-refractivity contribution in [3.8, 4) is 23.0 Å². The largest absolute Gasteiger partial charge is 0.468 e. The molecule has 0 saturated carbocycles. The summed E-state index contributed by atoms with van der Waals surface area (Å²) in [5.41, 5.74) is 0.368. The minimum Gasteiger partial charge on any atom is -0.468 e. The minimum absolute atomic E-state index is 0.0152. The van der Waals surface area contributed by atoms with Crippen molar-refractivity contribution >= 4 is 46.2 Å². The van der Waals surface area contributed by atoms with E-state index in [1.54, 1.807) is 24.4 Å². The third kappa shape index (κ3) is 9.60. The monoisotopic (exact) mass is 945 g/mol. The van der Waals surface area contributed by atoms with E-state index in [0.29, 0.717) is 71.5 Å². The van der Waals surface area contributed by atoms with Crippen LogP contribution in [0.5, 0.6) is 11.8 Å². The lowest BCUT2D eigenvalue weighted by molar-refractivity contribution is -0.221. The van der Waals surface area contributed by atoms with E-state index in [9.17, 15) is 0 Å². The Kier molecular flexibility index (Phi) is 14.2. The third-order valence-electron chi connectivity index (χ3n) is 14.1. The molecule has 0 radical (unpaired) electrons. The van der Waals surface area contributed by atoms with E-state index in [1.807, 2.05) is 6.92 Å². The van der Waals surface area contributed by atoms with Gasteiger partial charge in [-0.3, -0.25) is 9.88 Å². The maximum Gasteiger partial charge on any atom is 0.319 e. The number of ether oxygens (including phenoxy) is 5. The molecule has 4 atom stereocenters. The van der Waals surface area contributed by atoms with Crippen molar-refractivity contribution in [1.29, 1.82) is 0 Å². The first-order valence-electron chi connectivity index (χ1n) is 24.2. The summed E-state index contributed by atoms with van der Waals surface area (Å²) >= 11 is 0. The Balaban J connectivity index is 1.08. The molecule has 0 spiro atoms. The number of likely N-dealkylation sites (tertiary alicyclic amines) is 1. The van der Waals surface area contributed by atoms with Gasteiger partial charge in [0.25, 0.3) is 8.32 Å². The fraction of sp³-hybridized carbons (Fsp3) is 0.463. The van der Waals surface area contributed by atoms with E-state index in [1.165, 1.54) is 23.5 Å². The second-order valence-electron chi connectivity index (χ2n) is 19.9. The maximum atomic E-state index is 17.7. The highest BCUT2D eigenvalue weighted by atomic mass is 28.4. The second kappa shape index (κ2) is 20.1. The van der Waals surface area contributed by atoms with E-state index in [4.69, 9.17) is 43.1 Å². The summed E-state index contributed by atoms with van der Waals surface area (Å²) in [6.45, 7) is 13.7. The molecule has 360 valence electrons. The number of pyridine rings is 1. The number of halogens is 2. The van der Waals surface area contributed by atoms with Crippen molar-refractivity contribution in [3.63, 3.8) is 0 Å². The SMILES string of the molecule is CCc1c(F)ccc2cc(OCOC)cc(-c3ncc4c(N5CCC[C@](C)(OC6CCCCO6)C5)nc(OC[C@@H]5C[C@@H](O[Si](c6ccccc6)(c6ccccc6)C(C)(C)C)CN5C)nc4c3F)c12. The third-order valence-corrected chi connectivity index (χ3v) is 19.2. The van der Waals surface area contributed by atoms with Crippen LogP contribution in [-0.4, -0.2) is 106 Å². The van der Waals surface area contributed by atoms with Crippen LogP contribution in [-0.2, 0) is 25.1 Å². The van der Waals surface area contributed by atoms with Crippen LogP contribution in [0.3, 0.4) is 0 Å². The van der Waals surface area contributed by atoms with E-state index in [-0.39, 0.29) is 59.9 Å².